The Hall–Kier alpha value is -3.67. The summed E-state index contributed by atoms with van der Waals surface area (Å²) in [6.45, 7) is 2.68. The summed E-state index contributed by atoms with van der Waals surface area (Å²) in [5.41, 5.74) is 2.85. The number of benzene rings is 2. The lowest BCUT2D eigenvalue weighted by atomic mass is 10.0. The predicted molar refractivity (Wildman–Crippen MR) is 128 cm³/mol. The molecule has 0 aliphatic rings. The number of aromatic nitrogens is 1. The molecule has 172 valence electrons. The molecule has 0 aliphatic carbocycles. The second-order valence-corrected chi connectivity index (χ2v) is 7.90. The molecule has 0 spiro atoms. The van der Waals surface area contributed by atoms with Gasteiger partial charge in [0.15, 0.2) is 0 Å². The zero-order valence-electron chi connectivity index (χ0n) is 19.2. The fourth-order valence-corrected chi connectivity index (χ4v) is 3.65. The number of carbonyl (C=O) groups excluding carboxylic acids is 2. The largest absolute Gasteiger partial charge is 0.497 e. The molecule has 2 amide bonds. The van der Waals surface area contributed by atoms with Crippen LogP contribution in [0.4, 0.5) is 0 Å². The van der Waals surface area contributed by atoms with E-state index in [2.05, 4.69) is 10.3 Å². The van der Waals surface area contributed by atoms with Gasteiger partial charge in [0.1, 0.15) is 11.8 Å². The maximum Gasteiger partial charge on any atom is 0.243 e. The van der Waals surface area contributed by atoms with Crippen molar-refractivity contribution in [3.63, 3.8) is 0 Å². The van der Waals surface area contributed by atoms with Crippen LogP contribution >= 0.6 is 0 Å². The molecule has 3 aromatic rings. The number of methoxy groups -OCH3 is 1. The number of ether oxygens (including phenoxy) is 1. The molecule has 6 nitrogen and oxygen atoms in total. The van der Waals surface area contributed by atoms with E-state index in [-0.39, 0.29) is 11.8 Å². The standard InChI is InChI=1S/C27H31N3O3/c1-3-8-26(31)30(20-22-12-14-24(33-2)15-13-22)25(17-21-9-5-4-6-10-21)27(32)29-19-23-11-7-16-28-18-23/h4-7,9-16,18,25H,3,8,17,19-20H2,1-2H3,(H,29,32). The van der Waals surface area contributed by atoms with Crippen LogP contribution in [-0.4, -0.2) is 34.8 Å². The Bertz CT molecular complexity index is 1010. The predicted octanol–water partition coefficient (Wildman–Crippen LogP) is 4.15. The highest BCUT2D eigenvalue weighted by Gasteiger charge is 2.29. The highest BCUT2D eigenvalue weighted by atomic mass is 16.5. The average Bonchev–Trinajstić information content (AvgIpc) is 2.86. The number of nitrogens with zero attached hydrogens (tertiary/aromatic N) is 2. The molecule has 0 radical (unpaired) electrons. The fraction of sp³-hybridized carbons (Fsp3) is 0.296. The summed E-state index contributed by atoms with van der Waals surface area (Å²) in [6, 6.07) is 20.5. The molecule has 3 rings (SSSR count). The van der Waals surface area contributed by atoms with Crippen LogP contribution in [0.25, 0.3) is 0 Å². The monoisotopic (exact) mass is 445 g/mol. The van der Waals surface area contributed by atoms with Crippen molar-refractivity contribution in [2.75, 3.05) is 7.11 Å². The average molecular weight is 446 g/mol. The van der Waals surface area contributed by atoms with E-state index in [9.17, 15) is 9.59 Å². The van der Waals surface area contributed by atoms with E-state index < -0.39 is 6.04 Å². The molecular weight excluding hydrogens is 414 g/mol. The first-order valence-corrected chi connectivity index (χ1v) is 11.2. The van der Waals surface area contributed by atoms with Crippen LogP contribution in [0.1, 0.15) is 36.5 Å². The highest BCUT2D eigenvalue weighted by molar-refractivity contribution is 5.88. The van der Waals surface area contributed by atoms with Gasteiger partial charge in [-0.25, -0.2) is 0 Å². The van der Waals surface area contributed by atoms with E-state index in [1.54, 1.807) is 24.4 Å². The lowest BCUT2D eigenvalue weighted by Crippen LogP contribution is -2.50. The van der Waals surface area contributed by atoms with Crippen LogP contribution < -0.4 is 10.1 Å². The Morgan fingerprint density at radius 2 is 1.70 bits per heavy atom. The minimum absolute atomic E-state index is 0.0363. The molecule has 0 bridgehead atoms. The molecule has 0 aliphatic heterocycles. The van der Waals surface area contributed by atoms with Crippen molar-refractivity contribution in [3.8, 4) is 5.75 Å². The van der Waals surface area contributed by atoms with Gasteiger partial charge in [-0.1, -0.05) is 55.5 Å². The maximum absolute atomic E-state index is 13.4. The molecule has 1 unspecified atom stereocenters. The molecule has 1 atom stereocenters. The third-order valence-electron chi connectivity index (χ3n) is 5.44. The minimum atomic E-state index is -0.634. The third-order valence-corrected chi connectivity index (χ3v) is 5.44. The first kappa shape index (κ1) is 24.0. The van der Waals surface area contributed by atoms with E-state index in [0.717, 1.165) is 22.4 Å². The lowest BCUT2D eigenvalue weighted by molar-refractivity contribution is -0.141. The van der Waals surface area contributed by atoms with Crippen molar-refractivity contribution in [2.24, 2.45) is 0 Å². The molecule has 1 heterocycles. The van der Waals surface area contributed by atoms with Crippen LogP contribution in [-0.2, 0) is 29.1 Å². The highest BCUT2D eigenvalue weighted by Crippen LogP contribution is 2.18. The topological polar surface area (TPSA) is 71.5 Å². The van der Waals surface area contributed by atoms with Gasteiger partial charge in [-0.05, 0) is 41.3 Å². The summed E-state index contributed by atoms with van der Waals surface area (Å²) in [5, 5.41) is 3.01. The summed E-state index contributed by atoms with van der Waals surface area (Å²) in [5.74, 6) is 0.534. The van der Waals surface area contributed by atoms with Gasteiger partial charge < -0.3 is 15.0 Å². The second kappa shape index (κ2) is 12.4. The van der Waals surface area contributed by atoms with Crippen LogP contribution in [0.15, 0.2) is 79.1 Å². The molecule has 0 saturated heterocycles. The van der Waals surface area contributed by atoms with E-state index in [1.807, 2.05) is 73.7 Å². The van der Waals surface area contributed by atoms with Crippen molar-refractivity contribution >= 4 is 11.8 Å². The van der Waals surface area contributed by atoms with Gasteiger partial charge in [-0.15, -0.1) is 0 Å². The number of rotatable bonds is 11. The zero-order chi connectivity index (χ0) is 23.5. The quantitative estimate of drug-likeness (QED) is 0.481. The first-order chi connectivity index (χ1) is 16.1. The first-order valence-electron chi connectivity index (χ1n) is 11.2. The summed E-state index contributed by atoms with van der Waals surface area (Å²) in [4.78, 5) is 32.4. The van der Waals surface area contributed by atoms with Crippen molar-refractivity contribution < 1.29 is 14.3 Å². The van der Waals surface area contributed by atoms with Crippen molar-refractivity contribution in [2.45, 2.75) is 45.3 Å². The molecule has 1 N–H and O–H groups in total. The molecule has 0 fully saturated rings. The number of pyridine rings is 1. The van der Waals surface area contributed by atoms with Crippen molar-refractivity contribution in [1.82, 2.24) is 15.2 Å². The van der Waals surface area contributed by atoms with Gasteiger partial charge >= 0.3 is 0 Å². The van der Waals surface area contributed by atoms with E-state index >= 15 is 0 Å². The van der Waals surface area contributed by atoms with Gasteiger partial charge in [0.2, 0.25) is 11.8 Å². The molecule has 6 heteroatoms. The Morgan fingerprint density at radius 1 is 0.970 bits per heavy atom. The van der Waals surface area contributed by atoms with E-state index in [4.69, 9.17) is 4.74 Å². The number of amides is 2. The van der Waals surface area contributed by atoms with Gasteiger partial charge in [-0.2, -0.15) is 0 Å². The Balaban J connectivity index is 1.87. The van der Waals surface area contributed by atoms with Gasteiger partial charge in [0.05, 0.1) is 7.11 Å². The molecular formula is C27H31N3O3. The van der Waals surface area contributed by atoms with Crippen molar-refractivity contribution in [1.29, 1.82) is 0 Å². The van der Waals surface area contributed by atoms with Gasteiger partial charge in [-0.3, -0.25) is 14.6 Å². The number of carbonyl (C=O) groups is 2. The molecule has 33 heavy (non-hydrogen) atoms. The third kappa shape index (κ3) is 7.17. The van der Waals surface area contributed by atoms with Crippen LogP contribution in [0.3, 0.4) is 0 Å². The normalized spacial score (nSPS) is 11.5. The van der Waals surface area contributed by atoms with Crippen molar-refractivity contribution in [3.05, 3.63) is 95.8 Å². The van der Waals surface area contributed by atoms with Gasteiger partial charge in [0, 0.05) is 38.3 Å². The van der Waals surface area contributed by atoms with E-state index in [1.165, 1.54) is 0 Å². The lowest BCUT2D eigenvalue weighted by Gasteiger charge is -2.31. The number of hydrogen-bond donors (Lipinski definition) is 1. The summed E-state index contributed by atoms with van der Waals surface area (Å²) in [6.07, 6.45) is 4.96. The minimum Gasteiger partial charge on any atom is -0.497 e. The fourth-order valence-electron chi connectivity index (χ4n) is 3.65. The maximum atomic E-state index is 13.4. The van der Waals surface area contributed by atoms with Crippen LogP contribution in [0.5, 0.6) is 5.75 Å². The smallest absolute Gasteiger partial charge is 0.243 e. The summed E-state index contributed by atoms with van der Waals surface area (Å²) in [7, 11) is 1.62. The second-order valence-electron chi connectivity index (χ2n) is 7.90. The Kier molecular flexibility index (Phi) is 9.00. The summed E-state index contributed by atoms with van der Waals surface area (Å²) >= 11 is 0. The number of nitrogens with one attached hydrogen (secondary N) is 1. The molecule has 1 aromatic heterocycles. The van der Waals surface area contributed by atoms with E-state index in [0.29, 0.717) is 32.4 Å². The molecule has 2 aromatic carbocycles. The Morgan fingerprint density at radius 3 is 2.33 bits per heavy atom. The SMILES string of the molecule is CCCC(=O)N(Cc1ccc(OC)cc1)C(Cc1ccccc1)C(=O)NCc1cccnc1. The van der Waals surface area contributed by atoms with Gasteiger partial charge in [0.25, 0.3) is 0 Å². The summed E-state index contributed by atoms with van der Waals surface area (Å²) < 4.78 is 5.25. The molecule has 0 saturated carbocycles. The zero-order valence-corrected chi connectivity index (χ0v) is 19.2. The Labute approximate surface area is 195 Å². The van der Waals surface area contributed by atoms with Crippen LogP contribution in [0.2, 0.25) is 0 Å². The van der Waals surface area contributed by atoms with Crippen LogP contribution in [0, 0.1) is 0 Å². The number of hydrogen-bond acceptors (Lipinski definition) is 4.